The van der Waals surface area contributed by atoms with Crippen LogP contribution in [0.1, 0.15) is 0 Å². The molecule has 0 rings (SSSR count). The van der Waals surface area contributed by atoms with Crippen molar-refractivity contribution >= 4 is 1180 Å². The average molecular weight is 1340 g/mol. The Balaban J connectivity index is 0. The van der Waals surface area contributed by atoms with Crippen LogP contribution in [0.3, 0.4) is 0 Å². The largest absolute Gasteiger partial charge is 2.00 e. The SMILES string of the molecule is [Mg+2].[Mg+2].[Mg+2].[Mg+2].[Mg+2].[Mg+2].[Mg+2].[Mg+2].[Mg+2].[Mg+2].[Mg+2].[Mg+2].[Mg+2].[Mg+2].[Mg+2].[Mg+2].[Mg+2].[Mg+2].[Mg+2].[Mg+2].[Mg+2].[Mg+2].[Mg+2].[Mg+2].[Mg+2].[Mg+2].[Mg+2].[Mg+2].[Mg+2].[Mg+2].[Mg+2].[Mg+2].[Mg+2].[Mg+2].[Mg+2].[Mg+2].[Mg+2].[Mg+2].[Mg+2].[Mg+2].[Mg+2].[Mg+2].[Mg+2].[Mg+2].[Mg+2].[Mg+2].[Mg+2].[Mg+2].[Mg+2].[Mg+2].[Mg+2].[O-2].[O-2].[O-2].[O-2].[O-2].[O-2]. The van der Waals surface area contributed by atoms with Gasteiger partial charge in [-0.25, -0.2) is 0 Å². The van der Waals surface area contributed by atoms with E-state index in [1.165, 1.54) is 0 Å². The third-order valence-electron chi connectivity index (χ3n) is 0. The quantitative estimate of drug-likeness (QED) is 0.211. The first-order valence-corrected chi connectivity index (χ1v) is 0. The van der Waals surface area contributed by atoms with E-state index in [1.54, 1.807) is 0 Å². The predicted molar refractivity (Wildman–Crippen MR) is 298 cm³/mol. The second kappa shape index (κ2) is 554. The van der Waals surface area contributed by atoms with Crippen LogP contribution in [0.25, 0.3) is 0 Å². The molecule has 0 bridgehead atoms. The first-order valence-electron chi connectivity index (χ1n) is 0. The molecule has 0 radical (unpaired) electrons. The van der Waals surface area contributed by atoms with Crippen molar-refractivity contribution in [2.75, 3.05) is 0 Å². The molecule has 0 atom stereocenters. The summed E-state index contributed by atoms with van der Waals surface area (Å²) in [5.74, 6) is 0. The van der Waals surface area contributed by atoms with Crippen molar-refractivity contribution in [3.63, 3.8) is 0 Å². The minimum atomic E-state index is 0. The summed E-state index contributed by atoms with van der Waals surface area (Å²) in [4.78, 5) is 0. The van der Waals surface area contributed by atoms with Gasteiger partial charge in [0.1, 0.15) is 0 Å². The van der Waals surface area contributed by atoms with Crippen molar-refractivity contribution in [2.24, 2.45) is 0 Å². The zero-order chi connectivity index (χ0) is 0. The Morgan fingerprint density at radius 2 is 0.0351 bits per heavy atom. The van der Waals surface area contributed by atoms with E-state index in [9.17, 15) is 0 Å². The van der Waals surface area contributed by atoms with E-state index >= 15 is 0 Å². The summed E-state index contributed by atoms with van der Waals surface area (Å²) in [5.41, 5.74) is 0. The van der Waals surface area contributed by atoms with Gasteiger partial charge in [-0.05, 0) is 0 Å². The van der Waals surface area contributed by atoms with Gasteiger partial charge in [0.25, 0.3) is 0 Å². The summed E-state index contributed by atoms with van der Waals surface area (Å²) < 4.78 is 0. The van der Waals surface area contributed by atoms with Crippen molar-refractivity contribution in [2.45, 2.75) is 0 Å². The van der Waals surface area contributed by atoms with Crippen LogP contribution >= 0.6 is 0 Å². The molecule has 57 heteroatoms. The molecule has 0 aliphatic rings. The van der Waals surface area contributed by atoms with Crippen molar-refractivity contribution in [1.29, 1.82) is 0 Å². The Morgan fingerprint density at radius 1 is 0.0351 bits per heavy atom. The summed E-state index contributed by atoms with van der Waals surface area (Å²) >= 11 is 0. The summed E-state index contributed by atoms with van der Waals surface area (Å²) in [7, 11) is 0. The molecule has 0 aromatic rings. The molecule has 0 heterocycles. The van der Waals surface area contributed by atoms with Crippen LogP contribution in [-0.2, 0) is 32.9 Å². The van der Waals surface area contributed by atoms with Crippen molar-refractivity contribution < 1.29 is 32.9 Å². The molecule has 0 amide bonds. The Kier molecular flexibility index (Phi) is 5550. The van der Waals surface area contributed by atoms with Crippen LogP contribution in [0.15, 0.2) is 0 Å². The van der Waals surface area contributed by atoms with Crippen LogP contribution in [0.2, 0.25) is 0 Å². The van der Waals surface area contributed by atoms with Crippen LogP contribution < -0.4 is 0 Å². The van der Waals surface area contributed by atoms with Crippen LogP contribution in [-0.4, -0.2) is 1180 Å². The van der Waals surface area contributed by atoms with Gasteiger partial charge in [-0.2, -0.15) is 0 Å². The summed E-state index contributed by atoms with van der Waals surface area (Å²) in [6.07, 6.45) is 0. The monoisotopic (exact) mass is 1320 g/mol. The van der Waals surface area contributed by atoms with Gasteiger partial charge in [-0.3, -0.25) is 0 Å². The van der Waals surface area contributed by atoms with E-state index in [0.29, 0.717) is 0 Å². The van der Waals surface area contributed by atoms with Crippen molar-refractivity contribution in [3.05, 3.63) is 0 Å². The summed E-state index contributed by atoms with van der Waals surface area (Å²) in [6.45, 7) is 0. The van der Waals surface area contributed by atoms with Crippen molar-refractivity contribution in [1.82, 2.24) is 0 Å². The number of hydrogen-bond donors (Lipinski definition) is 0. The van der Waals surface area contributed by atoms with Gasteiger partial charge < -0.3 is 32.9 Å². The van der Waals surface area contributed by atoms with Gasteiger partial charge >= 0.3 is 1180 Å². The summed E-state index contributed by atoms with van der Waals surface area (Å²) in [5, 5.41) is 0. The third-order valence-corrected chi connectivity index (χ3v) is 0. The average Bonchev–Trinajstić information content (AvgIpc) is 0. The van der Waals surface area contributed by atoms with E-state index in [-0.39, 0.29) is 1210 Å². The molecule has 6 nitrogen and oxygen atoms in total. The fraction of sp³-hybridized carbons (Fsp3) is 0. The van der Waals surface area contributed by atoms with E-state index < -0.39 is 0 Å². The molecule has 0 aromatic heterocycles. The van der Waals surface area contributed by atoms with E-state index in [2.05, 4.69) is 0 Å². The Bertz CT molecular complexity index is 27.7. The molecule has 0 saturated carbocycles. The molecule has 0 aliphatic carbocycles. The predicted octanol–water partition coefficient (Wildman–Crippen LogP) is -20.1. The van der Waals surface area contributed by atoms with Crippen molar-refractivity contribution in [3.8, 4) is 0 Å². The molecule has 0 saturated heterocycles. The molecule has 0 aromatic carbocycles. The van der Waals surface area contributed by atoms with Gasteiger partial charge in [0, 0.05) is 0 Å². The fourth-order valence-corrected chi connectivity index (χ4v) is 0. The standard InChI is InChI=1S/51Mg.6O/q51*+2;6*-2. The number of hydrogen-bond acceptors (Lipinski definition) is 0. The minimum Gasteiger partial charge on any atom is -2.00 e. The maximum absolute atomic E-state index is 0. The molecular formula is Mg51O6+90. The molecule has 0 spiro atoms. The second-order valence-electron chi connectivity index (χ2n) is 0. The van der Waals surface area contributed by atoms with Gasteiger partial charge in [0.2, 0.25) is 0 Å². The maximum atomic E-state index is 0. The van der Waals surface area contributed by atoms with Crippen LogP contribution in [0.5, 0.6) is 0 Å². The Labute approximate surface area is 1170 Å². The second-order valence-corrected chi connectivity index (χ2v) is 0. The normalized spacial score (nSPS) is 0. The van der Waals surface area contributed by atoms with E-state index in [1.807, 2.05) is 0 Å². The third kappa shape index (κ3) is 542. The fourth-order valence-electron chi connectivity index (χ4n) is 0. The molecule has 0 unspecified atom stereocenters. The molecule has 0 N–H and O–H groups in total. The maximum Gasteiger partial charge on any atom is 2.00 e. The zero-order valence-corrected chi connectivity index (χ0v) is 111. The first kappa shape index (κ1) is 571. The van der Waals surface area contributed by atoms with Gasteiger partial charge in [-0.15, -0.1) is 0 Å². The molecule has 57 heavy (non-hydrogen) atoms. The molecule has 0 fully saturated rings. The molecule has 0 aliphatic heterocycles. The van der Waals surface area contributed by atoms with Gasteiger partial charge in [0.15, 0.2) is 0 Å². The Morgan fingerprint density at radius 3 is 0.0351 bits per heavy atom. The minimum absolute atomic E-state index is 0. The summed E-state index contributed by atoms with van der Waals surface area (Å²) in [6, 6.07) is 0. The van der Waals surface area contributed by atoms with Crippen LogP contribution in [0, 0.1) is 0 Å². The van der Waals surface area contributed by atoms with Gasteiger partial charge in [-0.1, -0.05) is 0 Å². The smallest absolute Gasteiger partial charge is 2.00 e. The van der Waals surface area contributed by atoms with Gasteiger partial charge in [0.05, 0.1) is 0 Å². The van der Waals surface area contributed by atoms with Crippen LogP contribution in [0.4, 0.5) is 0 Å². The Hall–Kier alpha value is 38.8. The molecule has 48 valence electrons. The topological polar surface area (TPSA) is 171 Å². The molecular weight excluding hydrogens is 1340 g/mol. The first-order chi connectivity index (χ1) is 0. The zero-order valence-electron chi connectivity index (χ0n) is 38.5. The van der Waals surface area contributed by atoms with E-state index in [4.69, 9.17) is 0 Å². The number of rotatable bonds is 0. The van der Waals surface area contributed by atoms with E-state index in [0.717, 1.165) is 0 Å².